The molecular formula is C49H94O6. The van der Waals surface area contributed by atoms with E-state index in [2.05, 4.69) is 27.7 Å². The standard InChI is InChI=1S/C49H94O6/c1-5-7-9-11-13-15-16-17-18-19-20-21-22-23-25-29-34-38-42-49(52)55-46(43-53-47(50)40-36-32-28-24-14-12-10-8-6-2)44-54-48(51)41-37-33-30-26-27-31-35-39-45(3)4/h45-46H,5-44H2,1-4H3/t46-/m0/s1. The summed E-state index contributed by atoms with van der Waals surface area (Å²) < 4.78 is 16.7. The topological polar surface area (TPSA) is 78.9 Å². The Morgan fingerprint density at radius 1 is 0.345 bits per heavy atom. The van der Waals surface area contributed by atoms with E-state index in [9.17, 15) is 14.4 Å². The Balaban J connectivity index is 4.24. The fourth-order valence-corrected chi connectivity index (χ4v) is 7.33. The predicted octanol–water partition coefficient (Wildman–Crippen LogP) is 15.5. The molecule has 0 unspecified atom stereocenters. The van der Waals surface area contributed by atoms with Gasteiger partial charge in [-0.1, -0.05) is 233 Å². The predicted molar refractivity (Wildman–Crippen MR) is 233 cm³/mol. The van der Waals surface area contributed by atoms with Crippen LogP contribution in [0.4, 0.5) is 0 Å². The highest BCUT2D eigenvalue weighted by Crippen LogP contribution is 2.17. The Bertz CT molecular complexity index is 826. The summed E-state index contributed by atoms with van der Waals surface area (Å²) in [6, 6.07) is 0. The second-order valence-electron chi connectivity index (χ2n) is 17.2. The summed E-state index contributed by atoms with van der Waals surface area (Å²) in [6.45, 7) is 8.95. The van der Waals surface area contributed by atoms with E-state index in [1.807, 2.05) is 0 Å². The summed E-state index contributed by atoms with van der Waals surface area (Å²) in [6.07, 6.45) is 43.9. The molecule has 0 rings (SSSR count). The van der Waals surface area contributed by atoms with E-state index in [1.165, 1.54) is 167 Å². The van der Waals surface area contributed by atoms with Gasteiger partial charge in [0.1, 0.15) is 13.2 Å². The molecule has 6 nitrogen and oxygen atoms in total. The summed E-state index contributed by atoms with van der Waals surface area (Å²) in [5, 5.41) is 0. The van der Waals surface area contributed by atoms with Crippen molar-refractivity contribution in [3.63, 3.8) is 0 Å². The van der Waals surface area contributed by atoms with Gasteiger partial charge in [-0.15, -0.1) is 0 Å². The molecule has 0 aliphatic heterocycles. The molecule has 0 spiro atoms. The lowest BCUT2D eigenvalue weighted by atomic mass is 10.0. The first-order valence-corrected chi connectivity index (χ1v) is 24.4. The van der Waals surface area contributed by atoms with Crippen molar-refractivity contribution in [3.05, 3.63) is 0 Å². The molecule has 6 heteroatoms. The molecule has 326 valence electrons. The van der Waals surface area contributed by atoms with Crippen molar-refractivity contribution >= 4 is 17.9 Å². The lowest BCUT2D eigenvalue weighted by molar-refractivity contribution is -0.167. The average molecular weight is 779 g/mol. The third-order valence-electron chi connectivity index (χ3n) is 11.0. The molecule has 0 saturated carbocycles. The van der Waals surface area contributed by atoms with Crippen LogP contribution < -0.4 is 0 Å². The van der Waals surface area contributed by atoms with E-state index in [0.29, 0.717) is 19.3 Å². The largest absolute Gasteiger partial charge is 0.462 e. The Kier molecular flexibility index (Phi) is 42.3. The number of hydrogen-bond acceptors (Lipinski definition) is 6. The minimum absolute atomic E-state index is 0.0643. The third-order valence-corrected chi connectivity index (χ3v) is 11.0. The minimum atomic E-state index is -0.759. The molecule has 55 heavy (non-hydrogen) atoms. The Labute approximate surface area is 342 Å². The van der Waals surface area contributed by atoms with Crippen molar-refractivity contribution in [2.24, 2.45) is 5.92 Å². The van der Waals surface area contributed by atoms with Gasteiger partial charge in [0.15, 0.2) is 6.10 Å². The molecule has 0 N–H and O–H groups in total. The fraction of sp³-hybridized carbons (Fsp3) is 0.939. The highest BCUT2D eigenvalue weighted by molar-refractivity contribution is 5.71. The van der Waals surface area contributed by atoms with Crippen LogP contribution in [0.2, 0.25) is 0 Å². The Morgan fingerprint density at radius 2 is 0.600 bits per heavy atom. The first-order valence-electron chi connectivity index (χ1n) is 24.4. The van der Waals surface area contributed by atoms with Crippen LogP contribution in [0.1, 0.15) is 272 Å². The van der Waals surface area contributed by atoms with Gasteiger partial charge in [0.25, 0.3) is 0 Å². The van der Waals surface area contributed by atoms with Gasteiger partial charge in [-0.2, -0.15) is 0 Å². The lowest BCUT2D eigenvalue weighted by Gasteiger charge is -2.18. The van der Waals surface area contributed by atoms with Gasteiger partial charge in [-0.25, -0.2) is 0 Å². The van der Waals surface area contributed by atoms with Gasteiger partial charge in [0.2, 0.25) is 0 Å². The molecule has 1 atom stereocenters. The molecule has 0 aromatic heterocycles. The van der Waals surface area contributed by atoms with Gasteiger partial charge in [-0.3, -0.25) is 14.4 Å². The molecule has 0 heterocycles. The third kappa shape index (κ3) is 43.4. The average Bonchev–Trinajstić information content (AvgIpc) is 3.17. The molecular weight excluding hydrogens is 685 g/mol. The van der Waals surface area contributed by atoms with E-state index in [1.54, 1.807) is 0 Å². The van der Waals surface area contributed by atoms with E-state index in [0.717, 1.165) is 63.7 Å². The van der Waals surface area contributed by atoms with Gasteiger partial charge < -0.3 is 14.2 Å². The van der Waals surface area contributed by atoms with Gasteiger partial charge >= 0.3 is 17.9 Å². The Hall–Kier alpha value is -1.59. The zero-order valence-electron chi connectivity index (χ0n) is 37.4. The molecule has 0 aliphatic rings. The van der Waals surface area contributed by atoms with Gasteiger partial charge in [-0.05, 0) is 25.2 Å². The van der Waals surface area contributed by atoms with Crippen LogP contribution in [0.3, 0.4) is 0 Å². The van der Waals surface area contributed by atoms with Crippen molar-refractivity contribution in [1.29, 1.82) is 0 Å². The van der Waals surface area contributed by atoms with Crippen LogP contribution in [-0.4, -0.2) is 37.2 Å². The van der Waals surface area contributed by atoms with Crippen molar-refractivity contribution in [3.8, 4) is 0 Å². The van der Waals surface area contributed by atoms with E-state index in [4.69, 9.17) is 14.2 Å². The van der Waals surface area contributed by atoms with Crippen molar-refractivity contribution in [2.75, 3.05) is 13.2 Å². The minimum Gasteiger partial charge on any atom is -0.462 e. The van der Waals surface area contributed by atoms with Crippen LogP contribution >= 0.6 is 0 Å². The normalized spacial score (nSPS) is 11.9. The number of rotatable bonds is 44. The van der Waals surface area contributed by atoms with Crippen LogP contribution in [0.5, 0.6) is 0 Å². The first-order chi connectivity index (χ1) is 26.9. The maximum Gasteiger partial charge on any atom is 0.306 e. The smallest absolute Gasteiger partial charge is 0.306 e. The monoisotopic (exact) mass is 779 g/mol. The molecule has 0 radical (unpaired) electrons. The summed E-state index contributed by atoms with van der Waals surface area (Å²) in [5.41, 5.74) is 0. The molecule has 0 bridgehead atoms. The first kappa shape index (κ1) is 53.4. The van der Waals surface area contributed by atoms with Crippen LogP contribution in [0.15, 0.2) is 0 Å². The van der Waals surface area contributed by atoms with Crippen molar-refractivity contribution < 1.29 is 28.6 Å². The maximum atomic E-state index is 12.7. The highest BCUT2D eigenvalue weighted by atomic mass is 16.6. The summed E-state index contributed by atoms with van der Waals surface area (Å²) in [5.74, 6) is -0.0735. The quantitative estimate of drug-likeness (QED) is 0.0348. The number of esters is 3. The molecule has 0 aromatic carbocycles. The van der Waals surface area contributed by atoms with E-state index < -0.39 is 6.10 Å². The summed E-state index contributed by atoms with van der Waals surface area (Å²) in [7, 11) is 0. The SMILES string of the molecule is CCCCCCCCCCCCCCCCCCCCC(=O)O[C@@H](COC(=O)CCCCCCCCCCC)COC(=O)CCCCCCCCCC(C)C. The van der Waals surface area contributed by atoms with E-state index >= 15 is 0 Å². The molecule has 0 saturated heterocycles. The number of hydrogen-bond donors (Lipinski definition) is 0. The van der Waals surface area contributed by atoms with Gasteiger partial charge in [0.05, 0.1) is 0 Å². The number of unbranched alkanes of at least 4 members (excludes halogenated alkanes) is 31. The van der Waals surface area contributed by atoms with E-state index in [-0.39, 0.29) is 31.1 Å². The highest BCUT2D eigenvalue weighted by Gasteiger charge is 2.19. The van der Waals surface area contributed by atoms with Crippen molar-refractivity contribution in [1.82, 2.24) is 0 Å². The van der Waals surface area contributed by atoms with Crippen molar-refractivity contribution in [2.45, 2.75) is 278 Å². The zero-order valence-corrected chi connectivity index (χ0v) is 37.4. The molecule has 0 aliphatic carbocycles. The van der Waals surface area contributed by atoms with Crippen LogP contribution in [-0.2, 0) is 28.6 Å². The zero-order chi connectivity index (χ0) is 40.3. The van der Waals surface area contributed by atoms with Crippen LogP contribution in [0.25, 0.3) is 0 Å². The molecule has 0 aromatic rings. The number of ether oxygens (including phenoxy) is 3. The number of carbonyl (C=O) groups is 3. The fourth-order valence-electron chi connectivity index (χ4n) is 7.33. The molecule has 0 fully saturated rings. The summed E-state index contributed by atoms with van der Waals surface area (Å²) in [4.78, 5) is 37.7. The number of carbonyl (C=O) groups excluding carboxylic acids is 3. The van der Waals surface area contributed by atoms with Gasteiger partial charge in [0, 0.05) is 19.3 Å². The molecule has 0 amide bonds. The second-order valence-corrected chi connectivity index (χ2v) is 17.2. The van der Waals surface area contributed by atoms with Crippen LogP contribution in [0, 0.1) is 5.92 Å². The summed E-state index contributed by atoms with van der Waals surface area (Å²) >= 11 is 0. The lowest BCUT2D eigenvalue weighted by Crippen LogP contribution is -2.30. The second kappa shape index (κ2) is 43.5. The Morgan fingerprint density at radius 3 is 0.891 bits per heavy atom. The maximum absolute atomic E-state index is 12.7.